The maximum Gasteiger partial charge on any atom is 0.332 e. The molecule has 5 N–H and O–H groups in total. The van der Waals surface area contributed by atoms with Gasteiger partial charge in [-0.15, -0.1) is 0 Å². The molecule has 0 aliphatic rings. The van der Waals surface area contributed by atoms with Gasteiger partial charge in [-0.2, -0.15) is 5.10 Å². The minimum absolute atomic E-state index is 0.0350. The lowest BCUT2D eigenvalue weighted by molar-refractivity contribution is 0.249. The average Bonchev–Trinajstić information content (AvgIpc) is 2.35. The molecule has 0 radical (unpaired) electrons. The number of primary amides is 1. The van der Waals surface area contributed by atoms with Crippen molar-refractivity contribution in [1.29, 1.82) is 0 Å². The number of hydrogen-bond donors (Lipinski definition) is 4. The number of nitrogens with two attached hydrogens (primary N) is 1. The molecular weight excluding hydrogens is 266 g/mol. The van der Waals surface area contributed by atoms with Crippen LogP contribution in [0.5, 0.6) is 5.88 Å². The highest BCUT2D eigenvalue weighted by molar-refractivity contribution is 6.00. The molecule has 0 aliphatic heterocycles. The zero-order valence-electron chi connectivity index (χ0n) is 11.3. The first-order valence-electron chi connectivity index (χ1n) is 6.04. The molecule has 0 atom stereocenters. The molecule has 1 rings (SSSR count). The number of amides is 2. The van der Waals surface area contributed by atoms with Crippen molar-refractivity contribution in [1.82, 2.24) is 15.0 Å². The summed E-state index contributed by atoms with van der Waals surface area (Å²) in [6.07, 6.45) is 1.48. The number of urea groups is 1. The Balaban J connectivity index is 3.33. The standard InChI is InChI=1S/C11H17N5O4/c1-3-4-5-16-9(18)7(8(17)13-11(16)20)6(2)14-15-10(12)19/h18H,3-5H2,1-2H3,(H3,12,15,19)(H,13,17,20)/b14-6-. The number of carbonyl (C=O) groups is 1. The van der Waals surface area contributed by atoms with E-state index in [1.807, 2.05) is 12.3 Å². The van der Waals surface area contributed by atoms with Gasteiger partial charge in [0.2, 0.25) is 5.88 Å². The van der Waals surface area contributed by atoms with E-state index in [0.29, 0.717) is 6.42 Å². The van der Waals surface area contributed by atoms with Gasteiger partial charge in [-0.05, 0) is 13.3 Å². The Morgan fingerprint density at radius 3 is 2.70 bits per heavy atom. The fraction of sp³-hybridized carbons (Fsp3) is 0.455. The molecule has 0 saturated carbocycles. The zero-order valence-corrected chi connectivity index (χ0v) is 11.3. The van der Waals surface area contributed by atoms with Crippen molar-refractivity contribution in [2.24, 2.45) is 10.8 Å². The molecule has 0 aliphatic carbocycles. The number of aromatic amines is 1. The molecule has 1 heterocycles. The van der Waals surface area contributed by atoms with Crippen LogP contribution >= 0.6 is 0 Å². The van der Waals surface area contributed by atoms with E-state index in [1.54, 1.807) is 0 Å². The number of carbonyl (C=O) groups excluding carboxylic acids is 1. The number of aromatic nitrogens is 2. The lowest BCUT2D eigenvalue weighted by atomic mass is 10.2. The van der Waals surface area contributed by atoms with E-state index < -0.39 is 23.2 Å². The molecule has 0 fully saturated rings. The lowest BCUT2D eigenvalue weighted by Crippen LogP contribution is -2.34. The molecule has 0 saturated heterocycles. The van der Waals surface area contributed by atoms with Crippen molar-refractivity contribution >= 4 is 11.7 Å². The van der Waals surface area contributed by atoms with Gasteiger partial charge in [0.15, 0.2) is 0 Å². The quantitative estimate of drug-likeness (QED) is 0.424. The molecule has 110 valence electrons. The lowest BCUT2D eigenvalue weighted by Gasteiger charge is -2.10. The number of aromatic hydroxyl groups is 1. The minimum atomic E-state index is -0.903. The molecule has 0 unspecified atom stereocenters. The number of nitrogens with one attached hydrogen (secondary N) is 2. The monoisotopic (exact) mass is 283 g/mol. The predicted molar refractivity (Wildman–Crippen MR) is 72.8 cm³/mol. The third kappa shape index (κ3) is 3.46. The molecule has 2 amide bonds. The largest absolute Gasteiger partial charge is 0.494 e. The SMILES string of the molecule is CCCCn1c(O)c(/C(C)=N\NC(N)=O)c(=O)[nH]c1=O. The van der Waals surface area contributed by atoms with Gasteiger partial charge in [-0.1, -0.05) is 13.3 Å². The summed E-state index contributed by atoms with van der Waals surface area (Å²) in [7, 11) is 0. The smallest absolute Gasteiger partial charge is 0.332 e. The average molecular weight is 283 g/mol. The number of nitrogens with zero attached hydrogens (tertiary/aromatic N) is 2. The first-order chi connectivity index (χ1) is 9.38. The highest BCUT2D eigenvalue weighted by Gasteiger charge is 2.16. The maximum atomic E-state index is 11.7. The summed E-state index contributed by atoms with van der Waals surface area (Å²) in [5.74, 6) is -0.486. The van der Waals surface area contributed by atoms with E-state index in [2.05, 4.69) is 10.1 Å². The Bertz CT molecular complexity index is 643. The minimum Gasteiger partial charge on any atom is -0.494 e. The van der Waals surface area contributed by atoms with Gasteiger partial charge in [0.25, 0.3) is 5.56 Å². The number of hydrogen-bond acceptors (Lipinski definition) is 5. The molecule has 0 bridgehead atoms. The predicted octanol–water partition coefficient (Wildman–Crippen LogP) is -0.565. The van der Waals surface area contributed by atoms with Crippen LogP contribution in [0.3, 0.4) is 0 Å². The van der Waals surface area contributed by atoms with Crippen molar-refractivity contribution < 1.29 is 9.90 Å². The molecule has 0 spiro atoms. The number of hydrazone groups is 1. The van der Waals surface area contributed by atoms with Gasteiger partial charge in [-0.25, -0.2) is 15.0 Å². The highest BCUT2D eigenvalue weighted by Crippen LogP contribution is 2.11. The molecule has 1 aromatic rings. The van der Waals surface area contributed by atoms with E-state index in [-0.39, 0.29) is 17.8 Å². The van der Waals surface area contributed by atoms with E-state index in [4.69, 9.17) is 5.73 Å². The van der Waals surface area contributed by atoms with E-state index in [9.17, 15) is 19.5 Å². The Morgan fingerprint density at radius 2 is 2.15 bits per heavy atom. The van der Waals surface area contributed by atoms with Crippen molar-refractivity contribution in [3.8, 4) is 5.88 Å². The van der Waals surface area contributed by atoms with Crippen molar-refractivity contribution in [3.05, 3.63) is 26.4 Å². The summed E-state index contributed by atoms with van der Waals surface area (Å²) in [6, 6.07) is -0.903. The van der Waals surface area contributed by atoms with Crippen molar-refractivity contribution in [2.45, 2.75) is 33.2 Å². The van der Waals surface area contributed by atoms with Gasteiger partial charge in [0.1, 0.15) is 5.56 Å². The maximum absolute atomic E-state index is 11.7. The highest BCUT2D eigenvalue weighted by atomic mass is 16.3. The Morgan fingerprint density at radius 1 is 1.50 bits per heavy atom. The first-order valence-corrected chi connectivity index (χ1v) is 6.04. The van der Waals surface area contributed by atoms with Crippen LogP contribution in [0.1, 0.15) is 32.3 Å². The molecule has 9 heteroatoms. The molecule has 20 heavy (non-hydrogen) atoms. The van der Waals surface area contributed by atoms with Crippen LogP contribution < -0.4 is 22.4 Å². The second kappa shape index (κ2) is 6.55. The Kier molecular flexibility index (Phi) is 5.07. The van der Waals surface area contributed by atoms with Crippen molar-refractivity contribution in [2.75, 3.05) is 0 Å². The summed E-state index contributed by atoms with van der Waals surface area (Å²) in [5, 5.41) is 13.6. The van der Waals surface area contributed by atoms with Crippen molar-refractivity contribution in [3.63, 3.8) is 0 Å². The molecule has 1 aromatic heterocycles. The second-order valence-corrected chi connectivity index (χ2v) is 4.14. The topological polar surface area (TPSA) is 143 Å². The number of rotatable bonds is 5. The van der Waals surface area contributed by atoms with E-state index >= 15 is 0 Å². The number of unbranched alkanes of at least 4 members (excludes halogenated alkanes) is 1. The van der Waals surface area contributed by atoms with Crippen LogP contribution in [0.2, 0.25) is 0 Å². The van der Waals surface area contributed by atoms with Gasteiger partial charge in [0, 0.05) is 6.54 Å². The summed E-state index contributed by atoms with van der Waals surface area (Å²) < 4.78 is 1.05. The first kappa shape index (κ1) is 15.5. The normalized spacial score (nSPS) is 11.4. The van der Waals surface area contributed by atoms with Gasteiger partial charge in [-0.3, -0.25) is 14.3 Å². The van der Waals surface area contributed by atoms with Gasteiger partial charge < -0.3 is 10.8 Å². The fourth-order valence-electron chi connectivity index (χ4n) is 1.60. The van der Waals surface area contributed by atoms with E-state index in [1.165, 1.54) is 6.92 Å². The van der Waals surface area contributed by atoms with Crippen LogP contribution in [0.25, 0.3) is 0 Å². The summed E-state index contributed by atoms with van der Waals surface area (Å²) >= 11 is 0. The zero-order chi connectivity index (χ0) is 15.3. The van der Waals surface area contributed by atoms with Gasteiger partial charge in [0.05, 0.1) is 5.71 Å². The summed E-state index contributed by atoms with van der Waals surface area (Å²) in [5.41, 5.74) is 5.18. The Hall–Kier alpha value is -2.58. The fourth-order valence-corrected chi connectivity index (χ4v) is 1.60. The third-order valence-corrected chi connectivity index (χ3v) is 2.60. The van der Waals surface area contributed by atoms with Crippen LogP contribution in [0, 0.1) is 0 Å². The summed E-state index contributed by atoms with van der Waals surface area (Å²) in [4.78, 5) is 36.0. The van der Waals surface area contributed by atoms with Crippen LogP contribution in [-0.2, 0) is 6.54 Å². The number of H-pyrrole nitrogens is 1. The van der Waals surface area contributed by atoms with Crippen LogP contribution in [0.4, 0.5) is 4.79 Å². The van der Waals surface area contributed by atoms with E-state index in [0.717, 1.165) is 11.0 Å². The molecule has 9 nitrogen and oxygen atoms in total. The summed E-state index contributed by atoms with van der Waals surface area (Å²) in [6.45, 7) is 3.59. The van der Waals surface area contributed by atoms with Gasteiger partial charge >= 0.3 is 11.7 Å². The second-order valence-electron chi connectivity index (χ2n) is 4.14. The Labute approximate surface area is 114 Å². The van der Waals surface area contributed by atoms with Crippen LogP contribution in [0.15, 0.2) is 14.7 Å². The molecule has 0 aromatic carbocycles. The molecular formula is C11H17N5O4. The third-order valence-electron chi connectivity index (χ3n) is 2.60. The van der Waals surface area contributed by atoms with Crippen LogP contribution in [-0.4, -0.2) is 26.4 Å².